The van der Waals surface area contributed by atoms with E-state index in [2.05, 4.69) is 10.2 Å². The Bertz CT molecular complexity index is 541. The molecule has 19 heavy (non-hydrogen) atoms. The summed E-state index contributed by atoms with van der Waals surface area (Å²) in [5.74, 6) is 0. The second-order valence-electron chi connectivity index (χ2n) is 4.62. The van der Waals surface area contributed by atoms with E-state index in [1.54, 1.807) is 11.1 Å². The predicted molar refractivity (Wildman–Crippen MR) is 66.2 cm³/mol. The molecule has 6 heteroatoms. The Kier molecular flexibility index (Phi) is 3.25. The zero-order chi connectivity index (χ0) is 13.2. The van der Waals surface area contributed by atoms with Gasteiger partial charge in [-0.15, -0.1) is 0 Å². The summed E-state index contributed by atoms with van der Waals surface area (Å²) in [6.45, 7) is 1.13. The topological polar surface area (TPSA) is 34.0 Å². The van der Waals surface area contributed by atoms with Gasteiger partial charge in [-0.3, -0.25) is 4.90 Å². The second kappa shape index (κ2) is 5.05. The summed E-state index contributed by atoms with van der Waals surface area (Å²) in [6.07, 6.45) is -0.0869. The van der Waals surface area contributed by atoms with Crippen LogP contribution in [0.15, 0.2) is 36.5 Å². The third-order valence-corrected chi connectivity index (χ3v) is 3.36. The number of alkyl halides is 2. The Labute approximate surface area is 109 Å². The van der Waals surface area contributed by atoms with Crippen LogP contribution in [-0.4, -0.2) is 38.9 Å². The van der Waals surface area contributed by atoms with Crippen molar-refractivity contribution in [3.63, 3.8) is 0 Å². The predicted octanol–water partition coefficient (Wildman–Crippen LogP) is 2.11. The van der Waals surface area contributed by atoms with Gasteiger partial charge in [-0.1, -0.05) is 18.2 Å². The van der Waals surface area contributed by atoms with E-state index in [4.69, 9.17) is 0 Å². The number of para-hydroxylation sites is 1. The molecule has 1 saturated heterocycles. The highest BCUT2D eigenvalue weighted by atomic mass is 19.3. The van der Waals surface area contributed by atoms with Crippen LogP contribution in [0.4, 0.5) is 8.78 Å². The molecule has 0 spiro atoms. The minimum atomic E-state index is -2.28. The summed E-state index contributed by atoms with van der Waals surface area (Å²) >= 11 is 0. The second-order valence-corrected chi connectivity index (χ2v) is 4.62. The first kappa shape index (κ1) is 12.2. The molecule has 1 atom stereocenters. The molecule has 0 bridgehead atoms. The first-order chi connectivity index (χ1) is 9.24. The minimum Gasteiger partial charge on any atom is -0.289 e. The first-order valence-corrected chi connectivity index (χ1v) is 6.23. The van der Waals surface area contributed by atoms with Gasteiger partial charge < -0.3 is 0 Å². The molecule has 0 radical (unpaired) electrons. The van der Waals surface area contributed by atoms with Crippen LogP contribution in [0, 0.1) is 0 Å². The fraction of sp³-hybridized carbons (Fsp3) is 0.385. The van der Waals surface area contributed by atoms with E-state index in [-0.39, 0.29) is 0 Å². The average Bonchev–Trinajstić information content (AvgIpc) is 2.83. The Balaban J connectivity index is 1.69. The Morgan fingerprint density at radius 2 is 2.05 bits per heavy atom. The van der Waals surface area contributed by atoms with Crippen molar-refractivity contribution in [1.82, 2.24) is 19.9 Å². The zero-order valence-corrected chi connectivity index (χ0v) is 10.3. The van der Waals surface area contributed by atoms with E-state index >= 15 is 0 Å². The summed E-state index contributed by atoms with van der Waals surface area (Å²) in [5, 5.41) is 8.47. The van der Waals surface area contributed by atoms with Crippen molar-refractivity contribution in [2.75, 3.05) is 6.54 Å². The molecular formula is C13H14F2N4. The van der Waals surface area contributed by atoms with Crippen LogP contribution in [0.3, 0.4) is 0 Å². The molecular weight excluding hydrogens is 250 g/mol. The number of likely N-dealkylation sites (tertiary alicyclic amines) is 1. The van der Waals surface area contributed by atoms with E-state index in [0.29, 0.717) is 25.2 Å². The van der Waals surface area contributed by atoms with Crippen LogP contribution in [0.1, 0.15) is 12.1 Å². The molecule has 1 aromatic carbocycles. The lowest BCUT2D eigenvalue weighted by Gasteiger charge is -2.39. The number of benzene rings is 1. The van der Waals surface area contributed by atoms with Gasteiger partial charge in [0.2, 0.25) is 0 Å². The maximum Gasteiger partial charge on any atom is 0.253 e. The summed E-state index contributed by atoms with van der Waals surface area (Å²) in [4.78, 5) is 3.26. The van der Waals surface area contributed by atoms with Crippen molar-refractivity contribution >= 4 is 0 Å². The maximum absolute atomic E-state index is 12.6. The van der Waals surface area contributed by atoms with Crippen LogP contribution in [0.25, 0.3) is 5.69 Å². The van der Waals surface area contributed by atoms with E-state index < -0.39 is 12.5 Å². The van der Waals surface area contributed by atoms with Crippen molar-refractivity contribution in [1.29, 1.82) is 0 Å². The number of rotatable bonds is 4. The number of hydrogen-bond donors (Lipinski definition) is 0. The Morgan fingerprint density at radius 3 is 2.68 bits per heavy atom. The zero-order valence-electron chi connectivity index (χ0n) is 10.3. The molecule has 0 unspecified atom stereocenters. The Morgan fingerprint density at radius 1 is 1.26 bits per heavy atom. The highest BCUT2D eigenvalue weighted by Gasteiger charge is 2.35. The molecule has 2 aromatic rings. The van der Waals surface area contributed by atoms with Gasteiger partial charge in [0, 0.05) is 13.1 Å². The van der Waals surface area contributed by atoms with Gasteiger partial charge in [0.1, 0.15) is 0 Å². The average molecular weight is 264 g/mol. The monoisotopic (exact) mass is 264 g/mol. The van der Waals surface area contributed by atoms with Crippen LogP contribution in [0.2, 0.25) is 0 Å². The molecule has 0 saturated carbocycles. The van der Waals surface area contributed by atoms with E-state index in [1.165, 1.54) is 4.80 Å². The van der Waals surface area contributed by atoms with Crippen molar-refractivity contribution in [3.05, 3.63) is 42.2 Å². The van der Waals surface area contributed by atoms with Gasteiger partial charge in [0.05, 0.1) is 23.6 Å². The van der Waals surface area contributed by atoms with Crippen molar-refractivity contribution in [3.8, 4) is 5.69 Å². The van der Waals surface area contributed by atoms with Crippen molar-refractivity contribution < 1.29 is 8.78 Å². The van der Waals surface area contributed by atoms with Gasteiger partial charge in [-0.25, -0.2) is 8.78 Å². The van der Waals surface area contributed by atoms with Gasteiger partial charge in [0.15, 0.2) is 0 Å². The quantitative estimate of drug-likeness (QED) is 0.848. The lowest BCUT2D eigenvalue weighted by Crippen LogP contribution is -2.51. The number of nitrogens with zero attached hydrogens (tertiary/aromatic N) is 4. The summed E-state index contributed by atoms with van der Waals surface area (Å²) in [6, 6.07) is 8.90. The molecule has 3 rings (SSSR count). The summed E-state index contributed by atoms with van der Waals surface area (Å²) < 4.78 is 25.2. The van der Waals surface area contributed by atoms with Crippen molar-refractivity contribution in [2.24, 2.45) is 0 Å². The molecule has 1 aromatic heterocycles. The van der Waals surface area contributed by atoms with Gasteiger partial charge in [0.25, 0.3) is 6.43 Å². The molecule has 100 valence electrons. The highest BCUT2D eigenvalue weighted by molar-refractivity contribution is 5.28. The molecule has 4 nitrogen and oxygen atoms in total. The number of halogens is 2. The largest absolute Gasteiger partial charge is 0.289 e. The van der Waals surface area contributed by atoms with Crippen LogP contribution in [-0.2, 0) is 6.54 Å². The Hall–Kier alpha value is -1.82. The SMILES string of the molecule is FC(F)[C@H]1CCN1Cc1cnn(-c2ccccc2)n1. The lowest BCUT2D eigenvalue weighted by atomic mass is 10.0. The third kappa shape index (κ3) is 2.49. The third-order valence-electron chi connectivity index (χ3n) is 3.36. The van der Waals surface area contributed by atoms with Crippen molar-refractivity contribution in [2.45, 2.75) is 25.4 Å². The molecule has 0 aliphatic carbocycles. The first-order valence-electron chi connectivity index (χ1n) is 6.23. The molecule has 1 fully saturated rings. The molecule has 0 amide bonds. The summed E-state index contributed by atoms with van der Waals surface area (Å²) in [5.41, 5.74) is 1.58. The molecule has 1 aliphatic rings. The molecule has 0 N–H and O–H groups in total. The standard InChI is InChI=1S/C13H14F2N4/c14-13(15)12-6-7-18(12)9-10-8-16-19(17-10)11-4-2-1-3-5-11/h1-5,8,12-13H,6-7,9H2/t12-/m1/s1. The number of aromatic nitrogens is 3. The van der Waals surface area contributed by atoms with Crippen LogP contribution >= 0.6 is 0 Å². The number of hydrogen-bond acceptors (Lipinski definition) is 3. The normalized spacial score (nSPS) is 19.6. The van der Waals surface area contributed by atoms with E-state index in [0.717, 1.165) is 5.69 Å². The fourth-order valence-electron chi connectivity index (χ4n) is 2.20. The summed E-state index contributed by atoms with van der Waals surface area (Å²) in [7, 11) is 0. The minimum absolute atomic E-state index is 0.432. The fourth-order valence-corrected chi connectivity index (χ4v) is 2.20. The lowest BCUT2D eigenvalue weighted by molar-refractivity contribution is -0.0394. The maximum atomic E-state index is 12.6. The molecule has 1 aliphatic heterocycles. The van der Waals surface area contributed by atoms with Gasteiger partial charge in [-0.2, -0.15) is 15.0 Å². The smallest absolute Gasteiger partial charge is 0.253 e. The molecule has 2 heterocycles. The van der Waals surface area contributed by atoms with E-state index in [1.807, 2.05) is 30.3 Å². The van der Waals surface area contributed by atoms with Crippen LogP contribution < -0.4 is 0 Å². The van der Waals surface area contributed by atoms with Gasteiger partial charge in [-0.05, 0) is 18.6 Å². The highest BCUT2D eigenvalue weighted by Crippen LogP contribution is 2.25. The van der Waals surface area contributed by atoms with Gasteiger partial charge >= 0.3 is 0 Å². The van der Waals surface area contributed by atoms with Crippen LogP contribution in [0.5, 0.6) is 0 Å². The van der Waals surface area contributed by atoms with E-state index in [9.17, 15) is 8.78 Å².